The largest absolute Gasteiger partial charge is 0.452 e. The third kappa shape index (κ3) is 8.72. The first-order chi connectivity index (χ1) is 20.6. The van der Waals surface area contributed by atoms with E-state index in [9.17, 15) is 28.8 Å². The number of ether oxygens (including phenoxy) is 1. The molecular weight excluding hydrogens is 566 g/mol. The number of fused-ring (bicyclic) bond motifs is 1. The molecule has 0 spiro atoms. The van der Waals surface area contributed by atoms with Crippen LogP contribution < -0.4 is 10.6 Å². The fourth-order valence-corrected chi connectivity index (χ4v) is 5.93. The van der Waals surface area contributed by atoms with E-state index in [1.807, 2.05) is 48.5 Å². The lowest BCUT2D eigenvalue weighted by molar-refractivity contribution is -0.162. The normalized spacial score (nSPS) is 30.2. The number of cyclic esters (lactones) is 1. The lowest BCUT2D eigenvalue weighted by atomic mass is 9.92. The molecule has 0 aromatic rings. The molecule has 12 nitrogen and oxygen atoms in total. The number of nitrogens with one attached hydrogen (secondary N) is 2. The molecule has 12 heteroatoms. The van der Waals surface area contributed by atoms with Crippen molar-refractivity contribution in [3.8, 4) is 0 Å². The van der Waals surface area contributed by atoms with Crippen LogP contribution in [0.4, 0.5) is 0 Å². The van der Waals surface area contributed by atoms with Crippen molar-refractivity contribution in [3.63, 3.8) is 0 Å². The molecule has 44 heavy (non-hydrogen) atoms. The Morgan fingerprint density at radius 3 is 2.02 bits per heavy atom. The predicted molar refractivity (Wildman–Crippen MR) is 166 cm³/mol. The van der Waals surface area contributed by atoms with Gasteiger partial charge in [0, 0.05) is 27.2 Å². The van der Waals surface area contributed by atoms with Gasteiger partial charge in [0.05, 0.1) is 6.42 Å². The Balaban J connectivity index is 2.60. The number of rotatable bonds is 6. The molecule has 2 rings (SSSR count). The van der Waals surface area contributed by atoms with Crippen LogP contribution in [0.5, 0.6) is 0 Å². The second kappa shape index (κ2) is 16.2. The Bertz CT molecular complexity index is 1070. The van der Waals surface area contributed by atoms with E-state index < -0.39 is 65.8 Å². The quantitative estimate of drug-likeness (QED) is 0.431. The van der Waals surface area contributed by atoms with Crippen molar-refractivity contribution in [2.75, 3.05) is 27.2 Å². The fourth-order valence-electron chi connectivity index (χ4n) is 5.93. The van der Waals surface area contributed by atoms with Crippen LogP contribution in [-0.2, 0) is 33.5 Å². The third-order valence-electron chi connectivity index (χ3n) is 9.40. The van der Waals surface area contributed by atoms with Crippen LogP contribution >= 0.6 is 0 Å². The number of hydrogen-bond acceptors (Lipinski definition) is 7. The van der Waals surface area contributed by atoms with Gasteiger partial charge in [-0.2, -0.15) is 0 Å². The second-order valence-electron chi connectivity index (χ2n) is 13.2. The number of carbonyl (C=O) groups is 6. The van der Waals surface area contributed by atoms with Crippen LogP contribution in [0.15, 0.2) is 0 Å². The van der Waals surface area contributed by atoms with Crippen LogP contribution in [0.1, 0.15) is 87.5 Å². The molecule has 2 N–H and O–H groups in total. The molecule has 2 heterocycles. The van der Waals surface area contributed by atoms with E-state index in [1.54, 1.807) is 14.0 Å². The Labute approximate surface area is 263 Å². The summed E-state index contributed by atoms with van der Waals surface area (Å²) in [6.07, 6.45) is 0.781. The number of amides is 5. The van der Waals surface area contributed by atoms with Crippen LogP contribution in [0.2, 0.25) is 0 Å². The molecule has 8 atom stereocenters. The summed E-state index contributed by atoms with van der Waals surface area (Å²) in [4.78, 5) is 85.7. The van der Waals surface area contributed by atoms with Crippen molar-refractivity contribution in [1.29, 1.82) is 0 Å². The Hall–Kier alpha value is -3.18. The van der Waals surface area contributed by atoms with Gasteiger partial charge >= 0.3 is 5.97 Å². The van der Waals surface area contributed by atoms with E-state index in [0.717, 1.165) is 0 Å². The average Bonchev–Trinajstić information content (AvgIpc) is 3.37. The minimum absolute atomic E-state index is 0.0284. The van der Waals surface area contributed by atoms with Crippen molar-refractivity contribution in [2.24, 2.45) is 23.7 Å². The van der Waals surface area contributed by atoms with E-state index in [0.29, 0.717) is 25.8 Å². The van der Waals surface area contributed by atoms with E-state index in [-0.39, 0.29) is 43.1 Å². The summed E-state index contributed by atoms with van der Waals surface area (Å²) in [5.74, 6) is -3.48. The monoisotopic (exact) mass is 621 g/mol. The molecule has 0 aromatic carbocycles. The molecule has 2 unspecified atom stereocenters. The summed E-state index contributed by atoms with van der Waals surface area (Å²) in [6, 6.07) is -3.56. The standard InChI is InChI=1S/C32H55N5O7/c1-11-19(5)25-31(42)36(10)27(20(6)12-2)32(43)35(9)22(8)28(39)33-15-13-24(38)44-23(17-18(3)4)30(41)37-16-14-21(7)26(37)29(40)34-25/h18-23,25-27H,11-17H2,1-10H3,(H,33,39)(H,34,40)/t19?,20?,21-,22-,23+,25-,26-,27-/m0/s1. The minimum Gasteiger partial charge on any atom is -0.452 e. The molecule has 0 aliphatic carbocycles. The smallest absolute Gasteiger partial charge is 0.308 e. The van der Waals surface area contributed by atoms with Gasteiger partial charge in [-0.25, -0.2) is 0 Å². The summed E-state index contributed by atoms with van der Waals surface area (Å²) in [5.41, 5.74) is 0. The van der Waals surface area contributed by atoms with Crippen molar-refractivity contribution >= 4 is 35.5 Å². The van der Waals surface area contributed by atoms with E-state index in [4.69, 9.17) is 4.74 Å². The first-order valence-corrected chi connectivity index (χ1v) is 16.2. The maximum atomic E-state index is 14.1. The van der Waals surface area contributed by atoms with Gasteiger partial charge in [0.15, 0.2) is 6.10 Å². The summed E-state index contributed by atoms with van der Waals surface area (Å²) < 4.78 is 5.64. The van der Waals surface area contributed by atoms with Gasteiger partial charge < -0.3 is 30.1 Å². The lowest BCUT2D eigenvalue weighted by Gasteiger charge is -2.39. The highest BCUT2D eigenvalue weighted by Crippen LogP contribution is 2.28. The summed E-state index contributed by atoms with van der Waals surface area (Å²) in [6.45, 7) is 15.2. The summed E-state index contributed by atoms with van der Waals surface area (Å²) >= 11 is 0. The SMILES string of the molecule is CCC(C)[C@@H]1NC(=O)[C@@H]2[C@@H](C)CCN2C(=O)[C@@H](CC(C)C)OC(=O)CCNC(=O)[C@H](C)N(C)C(=O)[C@H](C(C)CC)N(C)C1=O. The zero-order chi connectivity index (χ0) is 33.5. The summed E-state index contributed by atoms with van der Waals surface area (Å²) in [5, 5.41) is 5.63. The van der Waals surface area contributed by atoms with Gasteiger partial charge in [-0.1, -0.05) is 61.3 Å². The lowest BCUT2D eigenvalue weighted by Crippen LogP contribution is -2.61. The first-order valence-electron chi connectivity index (χ1n) is 16.2. The van der Waals surface area contributed by atoms with Crippen molar-refractivity contribution < 1.29 is 33.5 Å². The van der Waals surface area contributed by atoms with Gasteiger partial charge in [0.25, 0.3) is 5.91 Å². The van der Waals surface area contributed by atoms with E-state index in [1.165, 1.54) is 21.7 Å². The highest BCUT2D eigenvalue weighted by molar-refractivity contribution is 5.96. The third-order valence-corrected chi connectivity index (χ3v) is 9.40. The van der Waals surface area contributed by atoms with Crippen LogP contribution in [0, 0.1) is 23.7 Å². The Kier molecular flexibility index (Phi) is 13.6. The molecule has 2 fully saturated rings. The first kappa shape index (κ1) is 37.0. The number of nitrogens with zero attached hydrogens (tertiary/aromatic N) is 3. The van der Waals surface area contributed by atoms with Gasteiger partial charge in [0.2, 0.25) is 23.6 Å². The van der Waals surface area contributed by atoms with Crippen molar-refractivity contribution in [1.82, 2.24) is 25.3 Å². The van der Waals surface area contributed by atoms with Crippen LogP contribution in [0.25, 0.3) is 0 Å². The molecule has 2 aliphatic rings. The molecular formula is C32H55N5O7. The molecule has 0 saturated carbocycles. The highest BCUT2D eigenvalue weighted by Gasteiger charge is 2.45. The minimum atomic E-state index is -1.09. The molecule has 5 amide bonds. The van der Waals surface area contributed by atoms with Gasteiger partial charge in [-0.05, 0) is 43.4 Å². The molecule has 2 aliphatic heterocycles. The van der Waals surface area contributed by atoms with Gasteiger partial charge in [-0.15, -0.1) is 0 Å². The van der Waals surface area contributed by atoms with E-state index in [2.05, 4.69) is 10.6 Å². The molecule has 0 aromatic heterocycles. The Morgan fingerprint density at radius 2 is 1.45 bits per heavy atom. The maximum absolute atomic E-state index is 14.1. The number of carbonyl (C=O) groups excluding carboxylic acids is 6. The molecule has 250 valence electrons. The maximum Gasteiger partial charge on any atom is 0.308 e. The number of likely N-dealkylation sites (N-methyl/N-ethyl adjacent to an activating group) is 2. The van der Waals surface area contributed by atoms with Crippen LogP contribution in [-0.4, -0.2) is 108 Å². The van der Waals surface area contributed by atoms with Crippen molar-refractivity contribution in [3.05, 3.63) is 0 Å². The number of esters is 1. The average molecular weight is 622 g/mol. The fraction of sp³-hybridized carbons (Fsp3) is 0.812. The topological polar surface area (TPSA) is 145 Å². The zero-order valence-electron chi connectivity index (χ0n) is 28.3. The molecule has 0 radical (unpaired) electrons. The predicted octanol–water partition coefficient (Wildman–Crippen LogP) is 1.95. The highest BCUT2D eigenvalue weighted by atomic mass is 16.5. The van der Waals surface area contributed by atoms with E-state index >= 15 is 0 Å². The van der Waals surface area contributed by atoms with Gasteiger partial charge in [0.1, 0.15) is 24.2 Å². The second-order valence-corrected chi connectivity index (χ2v) is 13.2. The van der Waals surface area contributed by atoms with Gasteiger partial charge in [-0.3, -0.25) is 28.8 Å². The molecule has 2 saturated heterocycles. The molecule has 0 bridgehead atoms. The van der Waals surface area contributed by atoms with Crippen LogP contribution in [0.3, 0.4) is 0 Å². The van der Waals surface area contributed by atoms with Crippen molar-refractivity contribution in [2.45, 2.75) is 118 Å². The zero-order valence-corrected chi connectivity index (χ0v) is 28.3. The Morgan fingerprint density at radius 1 is 0.841 bits per heavy atom. The summed E-state index contributed by atoms with van der Waals surface area (Å²) in [7, 11) is 3.08. The number of hydrogen-bond donors (Lipinski definition) is 2.